The van der Waals surface area contributed by atoms with E-state index in [1.165, 1.54) is 19.3 Å². The Kier molecular flexibility index (Phi) is 11.7. The number of hydrogen-bond acceptors (Lipinski definition) is 5. The number of nitrogens with zero attached hydrogens (tertiary/aromatic N) is 5. The fourth-order valence-electron chi connectivity index (χ4n) is 4.30. The molecule has 9 nitrogen and oxygen atoms in total. The number of amides is 1. The Balaban J connectivity index is 0.00000363. The zero-order valence-electron chi connectivity index (χ0n) is 19.8. The molecule has 2 heterocycles. The van der Waals surface area contributed by atoms with Crippen LogP contribution < -0.4 is 10.6 Å². The smallest absolute Gasteiger partial charge is 0.225 e. The molecule has 182 valence electrons. The van der Waals surface area contributed by atoms with Crippen LogP contribution in [-0.4, -0.2) is 70.4 Å². The van der Waals surface area contributed by atoms with Gasteiger partial charge in [-0.15, -0.1) is 34.2 Å². The zero-order valence-corrected chi connectivity index (χ0v) is 22.1. The van der Waals surface area contributed by atoms with Crippen LogP contribution in [0.2, 0.25) is 0 Å². The van der Waals surface area contributed by atoms with Crippen molar-refractivity contribution in [2.75, 3.05) is 32.8 Å². The number of aryl methyl sites for hydroxylation is 1. The first-order valence-electron chi connectivity index (χ1n) is 11.8. The Labute approximate surface area is 209 Å². The lowest BCUT2D eigenvalue weighted by atomic mass is 9.88. The summed E-state index contributed by atoms with van der Waals surface area (Å²) in [7, 11) is 1.95. The highest BCUT2D eigenvalue weighted by Gasteiger charge is 2.31. The standard InChI is InChI=1S/C22H39N7O2.HI/c1-4-31-14-8-12-23-22(24-15-20-27-26-17(2)28(20)3)25-19-11-13-29(16-19)21(30)18-9-6-5-7-10-18;/h18-19H,4-16H2,1-3H3,(H2,23,24,25);1H. The van der Waals surface area contributed by atoms with Crippen LogP contribution >= 0.6 is 24.0 Å². The largest absolute Gasteiger partial charge is 0.382 e. The van der Waals surface area contributed by atoms with Gasteiger partial charge in [-0.25, -0.2) is 4.99 Å². The molecule has 0 bridgehead atoms. The van der Waals surface area contributed by atoms with Crippen molar-refractivity contribution in [3.8, 4) is 0 Å². The van der Waals surface area contributed by atoms with Crippen LogP contribution in [0.25, 0.3) is 0 Å². The average molecular weight is 562 g/mol. The minimum Gasteiger partial charge on any atom is -0.382 e. The van der Waals surface area contributed by atoms with E-state index < -0.39 is 0 Å². The van der Waals surface area contributed by atoms with Crippen LogP contribution in [0.15, 0.2) is 4.99 Å². The first-order valence-corrected chi connectivity index (χ1v) is 11.8. The Morgan fingerprint density at radius 3 is 2.69 bits per heavy atom. The number of rotatable bonds is 9. The minimum atomic E-state index is 0. The summed E-state index contributed by atoms with van der Waals surface area (Å²) in [5.74, 6) is 3.04. The van der Waals surface area contributed by atoms with Crippen molar-refractivity contribution in [3.63, 3.8) is 0 Å². The van der Waals surface area contributed by atoms with Gasteiger partial charge in [-0.05, 0) is 39.5 Å². The Bertz CT molecular complexity index is 734. The topological polar surface area (TPSA) is 96.7 Å². The first-order chi connectivity index (χ1) is 15.1. The summed E-state index contributed by atoms with van der Waals surface area (Å²) >= 11 is 0. The first kappa shape index (κ1) is 26.8. The number of halogens is 1. The molecule has 1 aliphatic carbocycles. The van der Waals surface area contributed by atoms with Gasteiger partial charge in [0, 0.05) is 51.9 Å². The fourth-order valence-corrected chi connectivity index (χ4v) is 4.30. The van der Waals surface area contributed by atoms with Gasteiger partial charge < -0.3 is 24.8 Å². The zero-order chi connectivity index (χ0) is 22.1. The van der Waals surface area contributed by atoms with E-state index >= 15 is 0 Å². The van der Waals surface area contributed by atoms with Crippen molar-refractivity contribution < 1.29 is 9.53 Å². The van der Waals surface area contributed by atoms with Crippen molar-refractivity contribution >= 4 is 35.8 Å². The number of carbonyl (C=O) groups is 1. The lowest BCUT2D eigenvalue weighted by molar-refractivity contribution is -0.135. The van der Waals surface area contributed by atoms with Crippen LogP contribution in [0.3, 0.4) is 0 Å². The second-order valence-electron chi connectivity index (χ2n) is 8.61. The van der Waals surface area contributed by atoms with Crippen LogP contribution in [0.4, 0.5) is 0 Å². The van der Waals surface area contributed by atoms with E-state index in [0.29, 0.717) is 12.5 Å². The lowest BCUT2D eigenvalue weighted by Gasteiger charge is -2.26. The summed E-state index contributed by atoms with van der Waals surface area (Å²) in [5, 5.41) is 15.3. The quantitative estimate of drug-likeness (QED) is 0.208. The van der Waals surface area contributed by atoms with Crippen molar-refractivity contribution in [1.82, 2.24) is 30.3 Å². The summed E-state index contributed by atoms with van der Waals surface area (Å²) in [4.78, 5) is 19.7. The third-order valence-electron chi connectivity index (χ3n) is 6.32. The number of nitrogens with one attached hydrogen (secondary N) is 2. The molecule has 32 heavy (non-hydrogen) atoms. The highest BCUT2D eigenvalue weighted by atomic mass is 127. The van der Waals surface area contributed by atoms with Crippen LogP contribution in [0.5, 0.6) is 0 Å². The van der Waals surface area contributed by atoms with Crippen LogP contribution in [-0.2, 0) is 23.1 Å². The molecule has 1 amide bonds. The van der Waals surface area contributed by atoms with Gasteiger partial charge in [-0.1, -0.05) is 19.3 Å². The molecule has 1 saturated heterocycles. The minimum absolute atomic E-state index is 0. The van der Waals surface area contributed by atoms with Gasteiger partial charge in [-0.2, -0.15) is 0 Å². The number of carbonyl (C=O) groups excluding carboxylic acids is 1. The predicted octanol–water partition coefficient (Wildman–Crippen LogP) is 2.38. The second kappa shape index (κ2) is 14.0. The van der Waals surface area contributed by atoms with E-state index in [9.17, 15) is 4.79 Å². The molecule has 2 aliphatic rings. The maximum Gasteiger partial charge on any atom is 0.225 e. The molecule has 1 aromatic rings. The average Bonchev–Trinajstić information content (AvgIpc) is 3.38. The van der Waals surface area contributed by atoms with Gasteiger partial charge in [0.25, 0.3) is 0 Å². The van der Waals surface area contributed by atoms with E-state index in [2.05, 4.69) is 20.8 Å². The van der Waals surface area contributed by atoms with Gasteiger partial charge in [0.05, 0.1) is 0 Å². The number of ether oxygens (including phenoxy) is 1. The number of hydrogen-bond donors (Lipinski definition) is 2. The molecule has 1 unspecified atom stereocenters. The van der Waals surface area contributed by atoms with Crippen molar-refractivity contribution in [2.45, 2.75) is 71.4 Å². The molecule has 0 aromatic carbocycles. The van der Waals surface area contributed by atoms with Crippen LogP contribution in [0, 0.1) is 12.8 Å². The second-order valence-corrected chi connectivity index (χ2v) is 8.61. The molecule has 1 saturated carbocycles. The fraction of sp³-hybridized carbons (Fsp3) is 0.818. The molecular weight excluding hydrogens is 521 g/mol. The summed E-state index contributed by atoms with van der Waals surface area (Å²) in [5.41, 5.74) is 0. The van der Waals surface area contributed by atoms with E-state index in [-0.39, 0.29) is 35.9 Å². The number of likely N-dealkylation sites (tertiary alicyclic amines) is 1. The third kappa shape index (κ3) is 7.86. The summed E-state index contributed by atoms with van der Waals surface area (Å²) in [6.07, 6.45) is 7.62. The van der Waals surface area contributed by atoms with Crippen molar-refractivity contribution in [2.24, 2.45) is 18.0 Å². The highest BCUT2D eigenvalue weighted by Crippen LogP contribution is 2.26. The van der Waals surface area contributed by atoms with Crippen molar-refractivity contribution in [1.29, 1.82) is 0 Å². The maximum absolute atomic E-state index is 12.9. The van der Waals surface area contributed by atoms with E-state index in [1.807, 2.05) is 30.4 Å². The van der Waals surface area contributed by atoms with Gasteiger partial charge in [0.15, 0.2) is 11.8 Å². The van der Waals surface area contributed by atoms with Gasteiger partial charge in [-0.3, -0.25) is 4.79 Å². The van der Waals surface area contributed by atoms with E-state index in [4.69, 9.17) is 9.73 Å². The summed E-state index contributed by atoms with van der Waals surface area (Å²) < 4.78 is 7.38. The monoisotopic (exact) mass is 561 g/mol. The molecule has 1 atom stereocenters. The predicted molar refractivity (Wildman–Crippen MR) is 136 cm³/mol. The van der Waals surface area contributed by atoms with E-state index in [1.54, 1.807) is 0 Å². The molecule has 2 N–H and O–H groups in total. The normalized spacial score (nSPS) is 19.7. The van der Waals surface area contributed by atoms with Gasteiger partial charge in [0.2, 0.25) is 5.91 Å². The maximum atomic E-state index is 12.9. The Morgan fingerprint density at radius 2 is 2.00 bits per heavy atom. The van der Waals surface area contributed by atoms with Crippen molar-refractivity contribution in [3.05, 3.63) is 11.6 Å². The Morgan fingerprint density at radius 1 is 1.22 bits per heavy atom. The molecule has 1 aromatic heterocycles. The number of guanidine groups is 1. The van der Waals surface area contributed by atoms with Crippen LogP contribution in [0.1, 0.15) is 63.5 Å². The van der Waals surface area contributed by atoms with Gasteiger partial charge in [0.1, 0.15) is 12.4 Å². The lowest BCUT2D eigenvalue weighted by Crippen LogP contribution is -2.46. The molecular formula is C22H40IN7O2. The summed E-state index contributed by atoms with van der Waals surface area (Å²) in [6.45, 7) is 8.21. The molecule has 2 fully saturated rings. The molecule has 0 spiro atoms. The Hall–Kier alpha value is -1.43. The third-order valence-corrected chi connectivity index (χ3v) is 6.32. The number of aliphatic imine (C=N–C) groups is 1. The molecule has 10 heteroatoms. The highest BCUT2D eigenvalue weighted by molar-refractivity contribution is 14.0. The van der Waals surface area contributed by atoms with Gasteiger partial charge >= 0.3 is 0 Å². The van der Waals surface area contributed by atoms with E-state index in [0.717, 1.165) is 76.1 Å². The molecule has 0 radical (unpaired) electrons. The molecule has 3 rings (SSSR count). The number of aromatic nitrogens is 3. The SMILES string of the molecule is CCOCCCNC(=NCc1nnc(C)n1C)NC1CCN(C(=O)C2CCCCC2)C1.I. The summed E-state index contributed by atoms with van der Waals surface area (Å²) in [6, 6.07) is 0.215. The molecule has 1 aliphatic heterocycles.